The number of carbonyl (C=O) groups excluding carboxylic acids is 2. The summed E-state index contributed by atoms with van der Waals surface area (Å²) < 4.78 is 35.9. The van der Waals surface area contributed by atoms with E-state index in [1.54, 1.807) is 38.6 Å². The van der Waals surface area contributed by atoms with Gasteiger partial charge < -0.3 is 19.9 Å². The molecule has 2 aromatic heterocycles. The van der Waals surface area contributed by atoms with Crippen LogP contribution in [0, 0.1) is 29.9 Å². The van der Waals surface area contributed by atoms with Gasteiger partial charge in [-0.2, -0.15) is 9.65 Å². The second-order valence-electron chi connectivity index (χ2n) is 8.89. The molecule has 1 aliphatic rings. The molecule has 0 radical (unpaired) electrons. The molecule has 0 saturated carbocycles. The molecule has 198 valence electrons. The molecule has 5 rings (SSSR count). The Kier molecular flexibility index (Phi) is 7.05. The second-order valence-corrected chi connectivity index (χ2v) is 8.89. The third kappa shape index (κ3) is 4.94. The van der Waals surface area contributed by atoms with E-state index in [9.17, 15) is 18.4 Å². The third-order valence-corrected chi connectivity index (χ3v) is 6.51. The number of fused-ring (bicyclic) bond motifs is 1. The van der Waals surface area contributed by atoms with Gasteiger partial charge in [0.1, 0.15) is 6.07 Å². The van der Waals surface area contributed by atoms with Crippen molar-refractivity contribution in [1.82, 2.24) is 24.2 Å². The van der Waals surface area contributed by atoms with Crippen molar-refractivity contribution in [3.05, 3.63) is 71.7 Å². The molecule has 1 N–H and O–H groups in total. The number of rotatable bonds is 7. The second kappa shape index (κ2) is 10.7. The number of aryl methyl sites for hydroxylation is 1. The number of piperazine rings is 1. The molecular formula is C27H23F2N7O3. The van der Waals surface area contributed by atoms with Gasteiger partial charge in [-0.3, -0.25) is 14.0 Å². The van der Waals surface area contributed by atoms with E-state index in [-0.39, 0.29) is 17.2 Å². The van der Waals surface area contributed by atoms with E-state index in [1.165, 1.54) is 24.5 Å². The predicted octanol–water partition coefficient (Wildman–Crippen LogP) is 3.54. The first-order valence-electron chi connectivity index (χ1n) is 12.1. The maximum absolute atomic E-state index is 14.9. The monoisotopic (exact) mass is 531 g/mol. The van der Waals surface area contributed by atoms with E-state index in [4.69, 9.17) is 10.00 Å². The van der Waals surface area contributed by atoms with Crippen LogP contribution in [0.5, 0.6) is 5.75 Å². The summed E-state index contributed by atoms with van der Waals surface area (Å²) >= 11 is 0. The average molecular weight is 532 g/mol. The summed E-state index contributed by atoms with van der Waals surface area (Å²) in [4.78, 5) is 36.0. The molecule has 39 heavy (non-hydrogen) atoms. The van der Waals surface area contributed by atoms with Crippen molar-refractivity contribution < 1.29 is 23.1 Å². The van der Waals surface area contributed by atoms with Crippen molar-refractivity contribution in [2.75, 3.05) is 38.1 Å². The lowest BCUT2D eigenvalue weighted by Gasteiger charge is -2.32. The number of amides is 2. The smallest absolute Gasteiger partial charge is 0.254 e. The Morgan fingerprint density at radius 1 is 1.15 bits per heavy atom. The van der Waals surface area contributed by atoms with Crippen LogP contribution in [-0.4, -0.2) is 69.3 Å². The van der Waals surface area contributed by atoms with E-state index < -0.39 is 18.2 Å². The zero-order chi connectivity index (χ0) is 27.5. The first-order chi connectivity index (χ1) is 18.9. The van der Waals surface area contributed by atoms with Gasteiger partial charge in [0.05, 0.1) is 11.9 Å². The summed E-state index contributed by atoms with van der Waals surface area (Å²) in [6.45, 7) is 3.40. The summed E-state index contributed by atoms with van der Waals surface area (Å²) in [5, 5.41) is 11.8. The predicted molar refractivity (Wildman–Crippen MR) is 137 cm³/mol. The fourth-order valence-electron chi connectivity index (χ4n) is 4.48. The third-order valence-electron chi connectivity index (χ3n) is 6.51. The van der Waals surface area contributed by atoms with Gasteiger partial charge in [-0.15, -0.1) is 0 Å². The van der Waals surface area contributed by atoms with Gasteiger partial charge in [-0.05, 0) is 42.8 Å². The number of halogens is 2. The van der Waals surface area contributed by atoms with Crippen LogP contribution in [0.1, 0.15) is 15.9 Å². The minimum atomic E-state index is -1.19. The molecule has 2 amide bonds. The van der Waals surface area contributed by atoms with E-state index in [0.717, 1.165) is 12.0 Å². The number of nitriles is 1. The van der Waals surface area contributed by atoms with Gasteiger partial charge in [0.2, 0.25) is 12.2 Å². The molecule has 0 spiro atoms. The maximum Gasteiger partial charge on any atom is 0.254 e. The SMILES string of the molecule is Cc1cc(Nc2nccn3c(-c4ccc(OCC#N)c(F)c4F)cnc23)ccc1C(=O)N1CCN(C=O)CC1. The highest BCUT2D eigenvalue weighted by atomic mass is 19.2. The van der Waals surface area contributed by atoms with Crippen molar-refractivity contribution >= 4 is 29.5 Å². The highest BCUT2D eigenvalue weighted by Gasteiger charge is 2.23. The topological polar surface area (TPSA) is 116 Å². The minimum absolute atomic E-state index is 0.0332. The van der Waals surface area contributed by atoms with Gasteiger partial charge in [-0.25, -0.2) is 14.4 Å². The number of hydrogen-bond acceptors (Lipinski definition) is 7. The number of aromatic nitrogens is 3. The standard InChI is InChI=1S/C27H23F2N7O3/c1-17-14-18(2-3-19(17)27(38)35-11-9-34(16-37)10-12-35)33-25-26-32-15-21(36(26)8-7-31-25)20-4-5-22(39-13-6-30)24(29)23(20)28/h2-5,7-8,14-16H,9-13H2,1H3,(H,31,33). The van der Waals surface area contributed by atoms with Crippen LogP contribution < -0.4 is 10.1 Å². The van der Waals surface area contributed by atoms with Crippen LogP contribution in [0.25, 0.3) is 16.9 Å². The van der Waals surface area contributed by atoms with E-state index in [2.05, 4.69) is 15.3 Å². The molecule has 10 nitrogen and oxygen atoms in total. The zero-order valence-corrected chi connectivity index (χ0v) is 20.9. The lowest BCUT2D eigenvalue weighted by Crippen LogP contribution is -2.48. The van der Waals surface area contributed by atoms with Crippen LogP contribution in [-0.2, 0) is 4.79 Å². The van der Waals surface area contributed by atoms with Crippen molar-refractivity contribution in [2.24, 2.45) is 0 Å². The molecule has 3 heterocycles. The van der Waals surface area contributed by atoms with Crippen molar-refractivity contribution in [1.29, 1.82) is 5.26 Å². The summed E-state index contributed by atoms with van der Waals surface area (Å²) in [5.41, 5.74) is 2.63. The number of nitrogens with zero attached hydrogens (tertiary/aromatic N) is 6. The number of benzene rings is 2. The highest BCUT2D eigenvalue weighted by Crippen LogP contribution is 2.32. The molecule has 0 unspecified atom stereocenters. The minimum Gasteiger partial charge on any atom is -0.476 e. The van der Waals surface area contributed by atoms with Gasteiger partial charge in [-0.1, -0.05) is 0 Å². The van der Waals surface area contributed by atoms with Gasteiger partial charge >= 0.3 is 0 Å². The Morgan fingerprint density at radius 3 is 2.67 bits per heavy atom. The molecule has 2 aromatic carbocycles. The Hall–Kier alpha value is -5.05. The number of ether oxygens (including phenoxy) is 1. The summed E-state index contributed by atoms with van der Waals surface area (Å²) in [6, 6.07) is 9.65. The van der Waals surface area contributed by atoms with Gasteiger partial charge in [0.15, 0.2) is 29.6 Å². The largest absolute Gasteiger partial charge is 0.476 e. The first kappa shape index (κ1) is 25.6. The fraction of sp³-hybridized carbons (Fsp3) is 0.222. The number of carbonyl (C=O) groups is 2. The summed E-state index contributed by atoms with van der Waals surface area (Å²) in [7, 11) is 0. The molecule has 1 saturated heterocycles. The highest BCUT2D eigenvalue weighted by molar-refractivity contribution is 5.96. The Morgan fingerprint density at radius 2 is 1.95 bits per heavy atom. The van der Waals surface area contributed by atoms with E-state index in [0.29, 0.717) is 54.6 Å². The number of imidazole rings is 1. The van der Waals surface area contributed by atoms with E-state index >= 15 is 0 Å². The van der Waals surface area contributed by atoms with Crippen molar-refractivity contribution in [2.45, 2.75) is 6.92 Å². The summed E-state index contributed by atoms with van der Waals surface area (Å²) in [5.74, 6) is -2.39. The van der Waals surface area contributed by atoms with Crippen molar-refractivity contribution in [3.63, 3.8) is 0 Å². The van der Waals surface area contributed by atoms with Crippen LogP contribution in [0.4, 0.5) is 20.3 Å². The zero-order valence-electron chi connectivity index (χ0n) is 20.9. The van der Waals surface area contributed by atoms with E-state index in [1.807, 2.05) is 13.0 Å². The van der Waals surface area contributed by atoms with Crippen LogP contribution in [0.2, 0.25) is 0 Å². The van der Waals surface area contributed by atoms with Gasteiger partial charge in [0, 0.05) is 55.4 Å². The maximum atomic E-state index is 14.9. The molecule has 1 fully saturated rings. The molecule has 1 aliphatic heterocycles. The quantitative estimate of drug-likeness (QED) is 0.363. The molecule has 0 bridgehead atoms. The van der Waals surface area contributed by atoms with Crippen LogP contribution in [0.3, 0.4) is 0 Å². The van der Waals surface area contributed by atoms with Crippen LogP contribution in [0.15, 0.2) is 48.9 Å². The Balaban J connectivity index is 1.38. The normalized spacial score (nSPS) is 13.3. The average Bonchev–Trinajstić information content (AvgIpc) is 3.38. The molecule has 0 atom stereocenters. The van der Waals surface area contributed by atoms with Crippen LogP contribution >= 0.6 is 0 Å². The number of anilines is 2. The van der Waals surface area contributed by atoms with Crippen molar-refractivity contribution in [3.8, 4) is 23.1 Å². The Bertz CT molecular complexity index is 1610. The lowest BCUT2D eigenvalue weighted by atomic mass is 10.1. The number of hydrogen-bond donors (Lipinski definition) is 1. The fourth-order valence-corrected chi connectivity index (χ4v) is 4.48. The molecule has 12 heteroatoms. The first-order valence-corrected chi connectivity index (χ1v) is 12.1. The van der Waals surface area contributed by atoms with Gasteiger partial charge in [0.25, 0.3) is 5.91 Å². The molecule has 0 aliphatic carbocycles. The summed E-state index contributed by atoms with van der Waals surface area (Å²) in [6.07, 6.45) is 5.29. The number of nitrogens with one attached hydrogen (secondary N) is 1. The molecular weight excluding hydrogens is 508 g/mol. The Labute approximate surface area is 222 Å². The molecule has 4 aromatic rings. The lowest BCUT2D eigenvalue weighted by molar-refractivity contribution is -0.119.